The summed E-state index contributed by atoms with van der Waals surface area (Å²) in [4.78, 5) is 3.29. The van der Waals surface area contributed by atoms with Crippen molar-refractivity contribution in [2.45, 2.75) is 6.92 Å². The maximum Gasteiger partial charge on any atom is 0.0456 e. The van der Waals surface area contributed by atoms with Gasteiger partial charge in [-0.1, -0.05) is 56.2 Å². The fourth-order valence-corrected chi connectivity index (χ4v) is 1.57. The Morgan fingerprint density at radius 1 is 0.938 bits per heavy atom. The molecule has 1 aromatic heterocycles. The van der Waals surface area contributed by atoms with E-state index in [1.165, 1.54) is 0 Å². The lowest BCUT2D eigenvalue weighted by atomic mass is 10.1. The molecule has 0 aliphatic rings. The van der Waals surface area contributed by atoms with E-state index in [0.29, 0.717) is 0 Å². The molecule has 0 aliphatic carbocycles. The quantitative estimate of drug-likeness (QED) is 0.696. The first-order valence-electron chi connectivity index (χ1n) is 5.17. The van der Waals surface area contributed by atoms with Gasteiger partial charge < -0.3 is 4.98 Å². The molecule has 82 valence electrons. The molecule has 0 atom stereocenters. The van der Waals surface area contributed by atoms with Gasteiger partial charge in [0.05, 0.1) is 0 Å². The Balaban J connectivity index is 3.32. The number of nitrogens with one attached hydrogen (secondary N) is 1. The van der Waals surface area contributed by atoms with Crippen molar-refractivity contribution in [1.29, 1.82) is 0 Å². The van der Waals surface area contributed by atoms with E-state index in [1.807, 2.05) is 37.3 Å². The van der Waals surface area contributed by atoms with Crippen LogP contribution in [0.25, 0.3) is 18.2 Å². The number of aryl methyl sites for hydroxylation is 1. The third-order valence-corrected chi connectivity index (χ3v) is 2.31. The summed E-state index contributed by atoms with van der Waals surface area (Å²) in [6.45, 7) is 13.2. The number of aromatic amines is 1. The molecular formula is C15H17N. The van der Waals surface area contributed by atoms with Gasteiger partial charge in [-0.2, -0.15) is 0 Å². The van der Waals surface area contributed by atoms with Crippen LogP contribution in [-0.2, 0) is 0 Å². The fourth-order valence-electron chi connectivity index (χ4n) is 1.57. The van der Waals surface area contributed by atoms with E-state index in [0.717, 1.165) is 22.5 Å². The highest BCUT2D eigenvalue weighted by Crippen LogP contribution is 2.23. The van der Waals surface area contributed by atoms with Gasteiger partial charge in [0.25, 0.3) is 0 Å². The van der Waals surface area contributed by atoms with E-state index in [-0.39, 0.29) is 0 Å². The minimum Gasteiger partial charge on any atom is -0.358 e. The predicted molar refractivity (Wildman–Crippen MR) is 74.1 cm³/mol. The van der Waals surface area contributed by atoms with Crippen molar-refractivity contribution < 1.29 is 0 Å². The van der Waals surface area contributed by atoms with Gasteiger partial charge in [0.15, 0.2) is 0 Å². The van der Waals surface area contributed by atoms with E-state index in [4.69, 9.17) is 0 Å². The molecule has 16 heavy (non-hydrogen) atoms. The summed E-state index contributed by atoms with van der Waals surface area (Å²) < 4.78 is 0. The lowest BCUT2D eigenvalue weighted by Gasteiger charge is -1.95. The lowest BCUT2D eigenvalue weighted by Crippen LogP contribution is -1.77. The van der Waals surface area contributed by atoms with E-state index in [2.05, 4.69) is 24.7 Å². The zero-order chi connectivity index (χ0) is 12.0. The van der Waals surface area contributed by atoms with Crippen LogP contribution >= 0.6 is 0 Å². The van der Waals surface area contributed by atoms with Crippen LogP contribution in [0.1, 0.15) is 22.5 Å². The van der Waals surface area contributed by atoms with Crippen molar-refractivity contribution in [2.24, 2.45) is 0 Å². The maximum atomic E-state index is 3.80. The minimum atomic E-state index is 1.03. The second-order valence-electron chi connectivity index (χ2n) is 3.38. The van der Waals surface area contributed by atoms with Crippen LogP contribution < -0.4 is 0 Å². The molecule has 1 aromatic rings. The lowest BCUT2D eigenvalue weighted by molar-refractivity contribution is 1.24. The van der Waals surface area contributed by atoms with Crippen molar-refractivity contribution >= 4 is 18.2 Å². The summed E-state index contributed by atoms with van der Waals surface area (Å²) in [5.41, 5.74) is 4.44. The Morgan fingerprint density at radius 3 is 2.00 bits per heavy atom. The van der Waals surface area contributed by atoms with Crippen LogP contribution in [0.15, 0.2) is 44.0 Å². The summed E-state index contributed by atoms with van der Waals surface area (Å²) in [6, 6.07) is 0. The Hall–Kier alpha value is -2.02. The molecule has 0 spiro atoms. The molecule has 0 unspecified atom stereocenters. The van der Waals surface area contributed by atoms with Gasteiger partial charge >= 0.3 is 0 Å². The molecule has 0 saturated carbocycles. The Labute approximate surface area is 97.2 Å². The fraction of sp³-hybridized carbons (Fsp3) is 0.0667. The van der Waals surface area contributed by atoms with Crippen LogP contribution in [0.2, 0.25) is 0 Å². The number of hydrogen-bond acceptors (Lipinski definition) is 0. The second kappa shape index (κ2) is 5.76. The molecule has 0 radical (unpaired) electrons. The molecule has 0 amide bonds. The average molecular weight is 211 g/mol. The average Bonchev–Trinajstić information content (AvgIpc) is 2.60. The molecular weight excluding hydrogens is 194 g/mol. The van der Waals surface area contributed by atoms with E-state index >= 15 is 0 Å². The van der Waals surface area contributed by atoms with Gasteiger partial charge in [-0.05, 0) is 13.0 Å². The largest absolute Gasteiger partial charge is 0.358 e. The van der Waals surface area contributed by atoms with Gasteiger partial charge in [-0.25, -0.2) is 0 Å². The van der Waals surface area contributed by atoms with Crippen molar-refractivity contribution in [3.63, 3.8) is 0 Å². The zero-order valence-electron chi connectivity index (χ0n) is 9.66. The Bertz CT molecular complexity index is 456. The summed E-state index contributed by atoms with van der Waals surface area (Å²) in [5, 5.41) is 0. The van der Waals surface area contributed by atoms with Crippen molar-refractivity contribution in [3.8, 4) is 0 Å². The highest BCUT2D eigenvalue weighted by atomic mass is 14.7. The van der Waals surface area contributed by atoms with E-state index in [1.54, 1.807) is 12.2 Å². The third kappa shape index (κ3) is 2.51. The first-order valence-corrected chi connectivity index (χ1v) is 5.17. The van der Waals surface area contributed by atoms with Crippen LogP contribution in [0.3, 0.4) is 0 Å². The molecule has 1 rings (SSSR count). The van der Waals surface area contributed by atoms with Crippen LogP contribution in [0.4, 0.5) is 0 Å². The van der Waals surface area contributed by atoms with Gasteiger partial charge in [-0.15, -0.1) is 0 Å². The summed E-state index contributed by atoms with van der Waals surface area (Å²) in [6.07, 6.45) is 13.2. The number of aromatic nitrogens is 1. The van der Waals surface area contributed by atoms with Gasteiger partial charge in [-0.3, -0.25) is 0 Å². The monoisotopic (exact) mass is 211 g/mol. The molecule has 1 heterocycles. The SMILES string of the molecule is C=C/C=C\c1c(C)[nH]c(C=C)c1/C=C\C=C. The van der Waals surface area contributed by atoms with Crippen molar-refractivity contribution in [1.82, 2.24) is 4.98 Å². The van der Waals surface area contributed by atoms with Crippen molar-refractivity contribution in [2.75, 3.05) is 0 Å². The predicted octanol–water partition coefficient (Wildman–Crippen LogP) is 4.36. The summed E-state index contributed by atoms with van der Waals surface area (Å²) in [5.74, 6) is 0. The van der Waals surface area contributed by atoms with Gasteiger partial charge in [0.2, 0.25) is 0 Å². The first-order chi connectivity index (χ1) is 7.74. The summed E-state index contributed by atoms with van der Waals surface area (Å²) >= 11 is 0. The third-order valence-electron chi connectivity index (χ3n) is 2.31. The Kier molecular flexibility index (Phi) is 4.34. The van der Waals surface area contributed by atoms with Crippen molar-refractivity contribution in [3.05, 3.63) is 66.6 Å². The number of rotatable bonds is 5. The standard InChI is InChI=1S/C15H17N/c1-5-8-10-13-12(4)16-15(7-3)14(13)11-9-6-2/h5-11,16H,1-3H2,4H3/b10-8-,11-9-. The molecule has 1 N–H and O–H groups in total. The molecule has 0 aliphatic heterocycles. The molecule has 1 heteroatoms. The van der Waals surface area contributed by atoms with E-state index in [9.17, 15) is 0 Å². The smallest absolute Gasteiger partial charge is 0.0456 e. The zero-order valence-corrected chi connectivity index (χ0v) is 9.66. The minimum absolute atomic E-state index is 1.03. The molecule has 1 nitrogen and oxygen atoms in total. The normalized spacial score (nSPS) is 11.1. The van der Waals surface area contributed by atoms with Crippen LogP contribution in [0.5, 0.6) is 0 Å². The second-order valence-corrected chi connectivity index (χ2v) is 3.38. The van der Waals surface area contributed by atoms with Gasteiger partial charge in [0, 0.05) is 22.5 Å². The first kappa shape index (κ1) is 12.1. The highest BCUT2D eigenvalue weighted by Gasteiger charge is 2.07. The number of hydrogen-bond donors (Lipinski definition) is 1. The van der Waals surface area contributed by atoms with E-state index < -0.39 is 0 Å². The molecule has 0 bridgehead atoms. The van der Waals surface area contributed by atoms with Crippen LogP contribution in [0, 0.1) is 6.92 Å². The maximum absolute atomic E-state index is 3.80. The topological polar surface area (TPSA) is 15.8 Å². The molecule has 0 aromatic carbocycles. The number of H-pyrrole nitrogens is 1. The summed E-state index contributed by atoms with van der Waals surface area (Å²) in [7, 11) is 0. The highest BCUT2D eigenvalue weighted by molar-refractivity contribution is 5.75. The molecule has 0 fully saturated rings. The molecule has 0 saturated heterocycles. The van der Waals surface area contributed by atoms with Crippen LogP contribution in [-0.4, -0.2) is 4.98 Å². The number of allylic oxidation sites excluding steroid dienone is 4. The van der Waals surface area contributed by atoms with Gasteiger partial charge in [0.1, 0.15) is 0 Å². The Morgan fingerprint density at radius 2 is 1.50 bits per heavy atom.